The molecule has 2 N–H and O–H groups in total. The second-order valence-corrected chi connectivity index (χ2v) is 6.82. The van der Waals surface area contributed by atoms with E-state index in [1.165, 1.54) is 41.3 Å². The van der Waals surface area contributed by atoms with Gasteiger partial charge >= 0.3 is 0 Å². The summed E-state index contributed by atoms with van der Waals surface area (Å²) in [4.78, 5) is 8.67. The minimum Gasteiger partial charge on any atom is -0.328 e. The van der Waals surface area contributed by atoms with Crippen molar-refractivity contribution in [3.8, 4) is 0 Å². The highest BCUT2D eigenvalue weighted by molar-refractivity contribution is 7.11. The Hall–Kier alpha value is -0.450. The maximum absolute atomic E-state index is 6.11. The van der Waals surface area contributed by atoms with Gasteiger partial charge in [0, 0.05) is 29.5 Å². The molecule has 0 radical (unpaired) electrons. The molecular weight excluding hydrogens is 230 g/mol. The van der Waals surface area contributed by atoms with Crippen LogP contribution in [0, 0.1) is 13.8 Å². The van der Waals surface area contributed by atoms with Crippen LogP contribution in [0.25, 0.3) is 0 Å². The predicted molar refractivity (Wildman–Crippen MR) is 71.2 cm³/mol. The number of fused-ring (bicyclic) bond motifs is 2. The van der Waals surface area contributed by atoms with E-state index in [0.717, 1.165) is 18.6 Å². The van der Waals surface area contributed by atoms with Crippen molar-refractivity contribution < 1.29 is 0 Å². The monoisotopic (exact) mass is 251 g/mol. The first-order valence-corrected chi connectivity index (χ1v) is 7.39. The molecule has 0 aliphatic carbocycles. The van der Waals surface area contributed by atoms with Crippen molar-refractivity contribution in [3.05, 3.63) is 15.6 Å². The summed E-state index contributed by atoms with van der Waals surface area (Å²) < 4.78 is 0. The van der Waals surface area contributed by atoms with E-state index in [0.29, 0.717) is 6.04 Å². The SMILES string of the molecule is Cc1nc(C)c(CN2C3CCC2CC(N)C3)s1. The fraction of sp³-hybridized carbons (Fsp3) is 0.769. The first-order valence-electron chi connectivity index (χ1n) is 6.57. The zero-order chi connectivity index (χ0) is 12.0. The molecule has 1 aromatic heterocycles. The number of piperidine rings is 1. The summed E-state index contributed by atoms with van der Waals surface area (Å²) in [6, 6.07) is 1.89. The Labute approximate surface area is 107 Å². The van der Waals surface area contributed by atoms with E-state index in [4.69, 9.17) is 5.73 Å². The van der Waals surface area contributed by atoms with Gasteiger partial charge in [-0.1, -0.05) is 0 Å². The van der Waals surface area contributed by atoms with E-state index in [9.17, 15) is 0 Å². The number of nitrogens with two attached hydrogens (primary N) is 1. The smallest absolute Gasteiger partial charge is 0.0900 e. The molecule has 94 valence electrons. The maximum atomic E-state index is 6.11. The Kier molecular flexibility index (Phi) is 2.97. The largest absolute Gasteiger partial charge is 0.328 e. The molecule has 17 heavy (non-hydrogen) atoms. The minimum atomic E-state index is 0.438. The third kappa shape index (κ3) is 2.14. The molecule has 3 heterocycles. The Morgan fingerprint density at radius 1 is 1.29 bits per heavy atom. The van der Waals surface area contributed by atoms with E-state index >= 15 is 0 Å². The molecule has 1 aromatic rings. The second kappa shape index (κ2) is 4.34. The number of rotatable bonds is 2. The molecule has 0 amide bonds. The summed E-state index contributed by atoms with van der Waals surface area (Å²) in [6.45, 7) is 5.33. The highest BCUT2D eigenvalue weighted by Crippen LogP contribution is 2.37. The predicted octanol–water partition coefficient (Wildman–Crippen LogP) is 2.21. The highest BCUT2D eigenvalue weighted by Gasteiger charge is 2.39. The molecule has 2 fully saturated rings. The van der Waals surface area contributed by atoms with Gasteiger partial charge in [-0.3, -0.25) is 4.90 Å². The number of thiazole rings is 1. The van der Waals surface area contributed by atoms with Crippen LogP contribution in [0.1, 0.15) is 41.3 Å². The van der Waals surface area contributed by atoms with Crippen LogP contribution in [0.15, 0.2) is 0 Å². The van der Waals surface area contributed by atoms with Gasteiger partial charge in [0.25, 0.3) is 0 Å². The average molecular weight is 251 g/mol. The molecule has 2 aliphatic rings. The fourth-order valence-corrected chi connectivity index (χ4v) is 4.41. The topological polar surface area (TPSA) is 42.2 Å². The van der Waals surface area contributed by atoms with Crippen LogP contribution >= 0.6 is 11.3 Å². The van der Waals surface area contributed by atoms with Crippen molar-refractivity contribution in [2.75, 3.05) is 0 Å². The summed E-state index contributed by atoms with van der Waals surface area (Å²) in [5, 5.41) is 1.19. The Morgan fingerprint density at radius 2 is 1.94 bits per heavy atom. The van der Waals surface area contributed by atoms with Gasteiger partial charge in [-0.25, -0.2) is 4.98 Å². The number of aromatic nitrogens is 1. The van der Waals surface area contributed by atoms with Crippen LogP contribution in [0.2, 0.25) is 0 Å². The molecule has 2 atom stereocenters. The van der Waals surface area contributed by atoms with Crippen molar-refractivity contribution in [3.63, 3.8) is 0 Å². The van der Waals surface area contributed by atoms with Gasteiger partial charge < -0.3 is 5.73 Å². The zero-order valence-electron chi connectivity index (χ0n) is 10.6. The van der Waals surface area contributed by atoms with Crippen LogP contribution < -0.4 is 5.73 Å². The van der Waals surface area contributed by atoms with Gasteiger partial charge in [0.05, 0.1) is 10.7 Å². The van der Waals surface area contributed by atoms with Crippen molar-refractivity contribution in [2.45, 2.75) is 64.2 Å². The van der Waals surface area contributed by atoms with Gasteiger partial charge in [-0.05, 0) is 39.5 Å². The lowest BCUT2D eigenvalue weighted by molar-refractivity contribution is 0.121. The van der Waals surface area contributed by atoms with Crippen LogP contribution in [0.3, 0.4) is 0 Å². The van der Waals surface area contributed by atoms with Crippen molar-refractivity contribution >= 4 is 11.3 Å². The molecule has 2 unspecified atom stereocenters. The van der Waals surface area contributed by atoms with Crippen molar-refractivity contribution in [2.24, 2.45) is 5.73 Å². The van der Waals surface area contributed by atoms with E-state index in [-0.39, 0.29) is 0 Å². The molecule has 0 saturated carbocycles. The second-order valence-electron chi connectivity index (χ2n) is 5.53. The van der Waals surface area contributed by atoms with E-state index in [2.05, 4.69) is 23.7 Å². The third-order valence-electron chi connectivity index (χ3n) is 4.25. The van der Waals surface area contributed by atoms with Crippen molar-refractivity contribution in [1.82, 2.24) is 9.88 Å². The molecule has 2 saturated heterocycles. The summed E-state index contributed by atoms with van der Waals surface area (Å²) in [7, 11) is 0. The van der Waals surface area contributed by atoms with Crippen LogP contribution in [-0.4, -0.2) is 28.0 Å². The van der Waals surface area contributed by atoms with Gasteiger partial charge in [0.2, 0.25) is 0 Å². The Bertz CT molecular complexity index is 401. The number of hydrogen-bond acceptors (Lipinski definition) is 4. The molecule has 0 spiro atoms. The molecule has 3 rings (SSSR count). The van der Waals surface area contributed by atoms with E-state index in [1.807, 2.05) is 11.3 Å². The summed E-state index contributed by atoms with van der Waals surface area (Å²) in [6.07, 6.45) is 5.06. The minimum absolute atomic E-state index is 0.438. The van der Waals surface area contributed by atoms with Crippen molar-refractivity contribution in [1.29, 1.82) is 0 Å². The summed E-state index contributed by atoms with van der Waals surface area (Å²) in [5.41, 5.74) is 7.33. The van der Waals surface area contributed by atoms with Crippen LogP contribution in [0.4, 0.5) is 0 Å². The molecule has 0 aromatic carbocycles. The first-order chi connectivity index (χ1) is 8.13. The third-order valence-corrected chi connectivity index (χ3v) is 5.30. The average Bonchev–Trinajstić information content (AvgIpc) is 2.68. The summed E-state index contributed by atoms with van der Waals surface area (Å²) in [5.74, 6) is 0. The number of hydrogen-bond donors (Lipinski definition) is 1. The Balaban J connectivity index is 1.76. The quantitative estimate of drug-likeness (QED) is 0.876. The molecular formula is C13H21N3S. The van der Waals surface area contributed by atoms with Crippen LogP contribution in [0.5, 0.6) is 0 Å². The molecule has 4 heteroatoms. The van der Waals surface area contributed by atoms with Gasteiger partial charge in [0.15, 0.2) is 0 Å². The zero-order valence-corrected chi connectivity index (χ0v) is 11.5. The molecule has 3 nitrogen and oxygen atoms in total. The normalized spacial score (nSPS) is 33.2. The highest BCUT2D eigenvalue weighted by atomic mass is 32.1. The number of aryl methyl sites for hydroxylation is 2. The maximum Gasteiger partial charge on any atom is 0.0900 e. The van der Waals surface area contributed by atoms with Gasteiger partial charge in [0.1, 0.15) is 0 Å². The van der Waals surface area contributed by atoms with Gasteiger partial charge in [-0.15, -0.1) is 11.3 Å². The summed E-state index contributed by atoms with van der Waals surface area (Å²) >= 11 is 1.86. The lowest BCUT2D eigenvalue weighted by atomic mass is 9.98. The van der Waals surface area contributed by atoms with Crippen LogP contribution in [-0.2, 0) is 6.54 Å². The first kappa shape index (κ1) is 11.6. The standard InChI is InChI=1S/C13H21N3S/c1-8-13(17-9(2)15-8)7-16-11-3-4-12(16)6-10(14)5-11/h10-12H,3-7,14H2,1-2H3. The number of nitrogens with zero attached hydrogens (tertiary/aromatic N) is 2. The Morgan fingerprint density at radius 3 is 2.47 bits per heavy atom. The molecule has 2 aliphatic heterocycles. The molecule has 2 bridgehead atoms. The lowest BCUT2D eigenvalue weighted by Crippen LogP contribution is -2.46. The van der Waals surface area contributed by atoms with E-state index < -0.39 is 0 Å². The lowest BCUT2D eigenvalue weighted by Gasteiger charge is -2.37. The van der Waals surface area contributed by atoms with E-state index in [1.54, 1.807) is 0 Å². The van der Waals surface area contributed by atoms with Gasteiger partial charge in [-0.2, -0.15) is 0 Å². The fourth-order valence-electron chi connectivity index (χ4n) is 3.46.